The van der Waals surface area contributed by atoms with Crippen LogP contribution in [0.25, 0.3) is 0 Å². The number of benzene rings is 1. The molecule has 1 aliphatic heterocycles. The number of hydrogen-bond donors (Lipinski definition) is 2. The van der Waals surface area contributed by atoms with Gasteiger partial charge in [-0.3, -0.25) is 4.99 Å². The van der Waals surface area contributed by atoms with Crippen LogP contribution in [0.5, 0.6) is 0 Å². The Balaban J connectivity index is 0.00000364. The fraction of sp³-hybridized carbons (Fsp3) is 0.667. The van der Waals surface area contributed by atoms with Crippen LogP contribution in [-0.2, 0) is 17.9 Å². The summed E-state index contributed by atoms with van der Waals surface area (Å²) in [5.41, 5.74) is 2.51. The number of halogens is 1. The molecule has 0 unspecified atom stereocenters. The van der Waals surface area contributed by atoms with Crippen LogP contribution in [0.15, 0.2) is 29.3 Å². The van der Waals surface area contributed by atoms with E-state index in [2.05, 4.69) is 65.6 Å². The number of guanidine groups is 1. The Hall–Kier alpha value is -0.860. The number of hydrogen-bond acceptors (Lipinski definition) is 3. The molecule has 6 heteroatoms. The predicted octanol–water partition coefficient (Wildman–Crippen LogP) is 3.77. The highest BCUT2D eigenvalue weighted by atomic mass is 127. The fourth-order valence-corrected chi connectivity index (χ4v) is 3.32. The van der Waals surface area contributed by atoms with Gasteiger partial charge in [0.2, 0.25) is 0 Å². The van der Waals surface area contributed by atoms with Gasteiger partial charge in [-0.15, -0.1) is 24.0 Å². The summed E-state index contributed by atoms with van der Waals surface area (Å²) >= 11 is 0. The Morgan fingerprint density at radius 1 is 1.22 bits per heavy atom. The Morgan fingerprint density at radius 3 is 2.48 bits per heavy atom. The third kappa shape index (κ3) is 8.35. The second kappa shape index (κ2) is 13.3. The molecule has 154 valence electrons. The topological polar surface area (TPSA) is 48.9 Å². The first-order valence-corrected chi connectivity index (χ1v) is 9.99. The van der Waals surface area contributed by atoms with E-state index in [4.69, 9.17) is 4.74 Å². The third-order valence-corrected chi connectivity index (χ3v) is 4.99. The number of aliphatic imine (C=N–C) groups is 1. The van der Waals surface area contributed by atoms with Crippen molar-refractivity contribution in [2.24, 2.45) is 4.99 Å². The number of likely N-dealkylation sites (tertiary alicyclic amines) is 1. The molecule has 1 aromatic carbocycles. The highest BCUT2D eigenvalue weighted by Crippen LogP contribution is 2.13. The Kier molecular flexibility index (Phi) is 11.9. The lowest BCUT2D eigenvalue weighted by Crippen LogP contribution is -2.49. The van der Waals surface area contributed by atoms with Crippen molar-refractivity contribution in [2.75, 3.05) is 26.7 Å². The molecule has 1 saturated heterocycles. The molecule has 0 radical (unpaired) electrons. The largest absolute Gasteiger partial charge is 0.377 e. The van der Waals surface area contributed by atoms with E-state index < -0.39 is 0 Å². The van der Waals surface area contributed by atoms with Crippen molar-refractivity contribution < 1.29 is 4.74 Å². The number of piperidine rings is 1. The zero-order valence-electron chi connectivity index (χ0n) is 17.3. The summed E-state index contributed by atoms with van der Waals surface area (Å²) in [7, 11) is 1.84. The smallest absolute Gasteiger partial charge is 0.191 e. The molecule has 1 aliphatic rings. The molecule has 0 amide bonds. The van der Waals surface area contributed by atoms with E-state index in [0.717, 1.165) is 38.6 Å². The molecule has 0 aromatic heterocycles. The van der Waals surface area contributed by atoms with Crippen LogP contribution in [0.4, 0.5) is 0 Å². The van der Waals surface area contributed by atoms with E-state index in [9.17, 15) is 0 Å². The molecule has 1 heterocycles. The number of nitrogens with zero attached hydrogens (tertiary/aromatic N) is 2. The summed E-state index contributed by atoms with van der Waals surface area (Å²) in [6.07, 6.45) is 3.38. The molecule has 2 rings (SSSR count). The molecular weight excluding hydrogens is 451 g/mol. The normalized spacial score (nSPS) is 16.3. The van der Waals surface area contributed by atoms with E-state index in [0.29, 0.717) is 18.7 Å². The number of nitrogens with one attached hydrogen (secondary N) is 2. The van der Waals surface area contributed by atoms with Gasteiger partial charge in [0.1, 0.15) is 0 Å². The van der Waals surface area contributed by atoms with Crippen molar-refractivity contribution in [3.05, 3.63) is 35.4 Å². The molecular formula is C21H37IN4O. The number of ether oxygens (including phenoxy) is 1. The molecule has 0 saturated carbocycles. The average Bonchev–Trinajstić information content (AvgIpc) is 2.66. The molecule has 0 bridgehead atoms. The third-order valence-electron chi connectivity index (χ3n) is 4.99. The van der Waals surface area contributed by atoms with Gasteiger partial charge in [-0.25, -0.2) is 0 Å². The summed E-state index contributed by atoms with van der Waals surface area (Å²) in [5.74, 6) is 0.886. The van der Waals surface area contributed by atoms with Crippen molar-refractivity contribution in [3.8, 4) is 0 Å². The minimum atomic E-state index is 0. The lowest BCUT2D eigenvalue weighted by Gasteiger charge is -2.35. The summed E-state index contributed by atoms with van der Waals surface area (Å²) < 4.78 is 5.72. The first-order valence-electron chi connectivity index (χ1n) is 9.99. The van der Waals surface area contributed by atoms with Crippen LogP contribution < -0.4 is 10.6 Å². The van der Waals surface area contributed by atoms with Gasteiger partial charge in [-0.2, -0.15) is 0 Å². The van der Waals surface area contributed by atoms with E-state index >= 15 is 0 Å². The Bertz CT molecular complexity index is 557. The van der Waals surface area contributed by atoms with Gasteiger partial charge in [-0.1, -0.05) is 31.2 Å². The summed E-state index contributed by atoms with van der Waals surface area (Å²) in [4.78, 5) is 6.95. The Labute approximate surface area is 182 Å². The van der Waals surface area contributed by atoms with Gasteiger partial charge < -0.3 is 20.3 Å². The van der Waals surface area contributed by atoms with Gasteiger partial charge in [-0.05, 0) is 44.2 Å². The lowest BCUT2D eigenvalue weighted by atomic mass is 10.0. The minimum Gasteiger partial charge on any atom is -0.377 e. The van der Waals surface area contributed by atoms with Gasteiger partial charge >= 0.3 is 0 Å². The van der Waals surface area contributed by atoms with Crippen molar-refractivity contribution in [2.45, 2.75) is 65.3 Å². The monoisotopic (exact) mass is 488 g/mol. The lowest BCUT2D eigenvalue weighted by molar-refractivity contribution is 0.121. The molecule has 0 atom stereocenters. The maximum atomic E-state index is 5.72. The zero-order chi connectivity index (χ0) is 18.8. The molecule has 0 aliphatic carbocycles. The maximum absolute atomic E-state index is 5.72. The predicted molar refractivity (Wildman–Crippen MR) is 125 cm³/mol. The van der Waals surface area contributed by atoms with Gasteiger partial charge in [0.25, 0.3) is 0 Å². The van der Waals surface area contributed by atoms with Crippen molar-refractivity contribution >= 4 is 29.9 Å². The van der Waals surface area contributed by atoms with Crippen molar-refractivity contribution in [1.29, 1.82) is 0 Å². The van der Waals surface area contributed by atoms with Crippen LogP contribution >= 0.6 is 24.0 Å². The molecule has 2 N–H and O–H groups in total. The fourth-order valence-electron chi connectivity index (χ4n) is 3.32. The average molecular weight is 488 g/mol. The first-order chi connectivity index (χ1) is 12.6. The molecule has 5 nitrogen and oxygen atoms in total. The molecule has 27 heavy (non-hydrogen) atoms. The van der Waals surface area contributed by atoms with Crippen molar-refractivity contribution in [3.63, 3.8) is 0 Å². The second-order valence-corrected chi connectivity index (χ2v) is 7.30. The second-order valence-electron chi connectivity index (χ2n) is 7.30. The maximum Gasteiger partial charge on any atom is 0.191 e. The first kappa shape index (κ1) is 24.2. The van der Waals surface area contributed by atoms with E-state index in [1.807, 2.05) is 7.05 Å². The van der Waals surface area contributed by atoms with E-state index in [1.54, 1.807) is 0 Å². The van der Waals surface area contributed by atoms with E-state index in [1.165, 1.54) is 24.0 Å². The van der Waals surface area contributed by atoms with Crippen LogP contribution in [-0.4, -0.2) is 49.7 Å². The van der Waals surface area contributed by atoms with E-state index in [-0.39, 0.29) is 24.0 Å². The quantitative estimate of drug-likeness (QED) is 0.253. The highest BCUT2D eigenvalue weighted by Gasteiger charge is 2.21. The standard InChI is InChI=1S/C21H36N4O.HI/c1-5-14-26-16-19-9-7-6-8-18(19)15-23-21(22-4)24-20-10-12-25(13-11-20)17(2)3;/h6-9,17,20H,5,10-16H2,1-4H3,(H2,22,23,24);1H. The highest BCUT2D eigenvalue weighted by molar-refractivity contribution is 14.0. The Morgan fingerprint density at radius 2 is 1.89 bits per heavy atom. The van der Waals surface area contributed by atoms with Gasteiger partial charge in [0, 0.05) is 45.4 Å². The number of rotatable bonds is 8. The molecule has 1 aromatic rings. The van der Waals surface area contributed by atoms with Gasteiger partial charge in [0.05, 0.1) is 6.61 Å². The molecule has 0 spiro atoms. The summed E-state index contributed by atoms with van der Waals surface area (Å²) in [5, 5.41) is 7.06. The van der Waals surface area contributed by atoms with Crippen LogP contribution in [0.1, 0.15) is 51.2 Å². The van der Waals surface area contributed by atoms with Crippen LogP contribution in [0, 0.1) is 0 Å². The SMILES string of the molecule is CCCOCc1ccccc1CNC(=NC)NC1CCN(C(C)C)CC1.I. The summed E-state index contributed by atoms with van der Waals surface area (Å²) in [6, 6.07) is 9.59. The van der Waals surface area contributed by atoms with Crippen molar-refractivity contribution in [1.82, 2.24) is 15.5 Å². The van der Waals surface area contributed by atoms with Crippen LogP contribution in [0.3, 0.4) is 0 Å². The summed E-state index contributed by atoms with van der Waals surface area (Å²) in [6.45, 7) is 11.2. The van der Waals surface area contributed by atoms with Gasteiger partial charge in [0.15, 0.2) is 5.96 Å². The van der Waals surface area contributed by atoms with Crippen LogP contribution in [0.2, 0.25) is 0 Å². The minimum absolute atomic E-state index is 0. The zero-order valence-corrected chi connectivity index (χ0v) is 19.7. The molecule has 1 fully saturated rings.